The van der Waals surface area contributed by atoms with Crippen LogP contribution in [0.1, 0.15) is 5.56 Å². The molecule has 0 N–H and O–H groups in total. The molecule has 124 valence electrons. The van der Waals surface area contributed by atoms with Gasteiger partial charge in [-0.05, 0) is 35.9 Å². The fourth-order valence-electron chi connectivity index (χ4n) is 2.76. The maximum Gasteiger partial charge on any atom is 0.246 e. The summed E-state index contributed by atoms with van der Waals surface area (Å²) in [4.78, 5) is 16.4. The Morgan fingerprint density at radius 2 is 1.71 bits per heavy atom. The van der Waals surface area contributed by atoms with Crippen LogP contribution in [-0.2, 0) is 4.79 Å². The summed E-state index contributed by atoms with van der Waals surface area (Å²) in [6.07, 6.45) is 3.41. The van der Waals surface area contributed by atoms with E-state index >= 15 is 0 Å². The Labute approximate surface area is 152 Å². The average molecular weight is 361 g/mol. The molecule has 24 heavy (non-hydrogen) atoms. The van der Waals surface area contributed by atoms with Gasteiger partial charge in [-0.3, -0.25) is 4.79 Å². The van der Waals surface area contributed by atoms with Crippen LogP contribution in [0.15, 0.2) is 54.6 Å². The number of halogens is 2. The van der Waals surface area contributed by atoms with Gasteiger partial charge in [0.2, 0.25) is 5.91 Å². The van der Waals surface area contributed by atoms with Gasteiger partial charge in [-0.1, -0.05) is 47.5 Å². The summed E-state index contributed by atoms with van der Waals surface area (Å²) in [5.74, 6) is 0.0220. The van der Waals surface area contributed by atoms with Gasteiger partial charge < -0.3 is 9.80 Å². The molecule has 1 aliphatic rings. The van der Waals surface area contributed by atoms with Crippen molar-refractivity contribution in [2.45, 2.75) is 0 Å². The van der Waals surface area contributed by atoms with Crippen molar-refractivity contribution < 1.29 is 4.79 Å². The van der Waals surface area contributed by atoms with Crippen molar-refractivity contribution >= 4 is 40.9 Å². The number of amides is 1. The summed E-state index contributed by atoms with van der Waals surface area (Å²) in [6, 6.07) is 15.2. The zero-order valence-electron chi connectivity index (χ0n) is 13.2. The number of nitrogens with zero attached hydrogens (tertiary/aromatic N) is 2. The molecule has 0 saturated carbocycles. The molecule has 0 radical (unpaired) electrons. The average Bonchev–Trinajstić information content (AvgIpc) is 2.60. The lowest BCUT2D eigenvalue weighted by molar-refractivity contribution is -0.126. The molecule has 0 atom stereocenters. The standard InChI is InChI=1S/C19H18Cl2N2O/c20-16-5-3-4-15(14-16)8-9-19(24)23-12-10-22(11-13-23)18-7-2-1-6-17(18)21/h1-9,14H,10-13H2/b9-8+. The predicted octanol–water partition coefficient (Wildman–Crippen LogP) is 4.36. The van der Waals surface area contributed by atoms with Gasteiger partial charge in [0.05, 0.1) is 10.7 Å². The maximum absolute atomic E-state index is 12.3. The highest BCUT2D eigenvalue weighted by molar-refractivity contribution is 6.33. The quantitative estimate of drug-likeness (QED) is 0.759. The molecule has 1 aliphatic heterocycles. The Bertz CT molecular complexity index is 753. The molecule has 0 spiro atoms. The summed E-state index contributed by atoms with van der Waals surface area (Å²) in [5.41, 5.74) is 1.95. The monoisotopic (exact) mass is 360 g/mol. The van der Waals surface area contributed by atoms with Gasteiger partial charge in [-0.15, -0.1) is 0 Å². The van der Waals surface area contributed by atoms with Crippen LogP contribution in [0, 0.1) is 0 Å². The van der Waals surface area contributed by atoms with Crippen LogP contribution >= 0.6 is 23.2 Å². The normalized spacial score (nSPS) is 15.1. The third-order valence-corrected chi connectivity index (χ3v) is 4.61. The topological polar surface area (TPSA) is 23.6 Å². The van der Waals surface area contributed by atoms with Crippen LogP contribution in [0.5, 0.6) is 0 Å². The largest absolute Gasteiger partial charge is 0.367 e. The van der Waals surface area contributed by atoms with E-state index in [-0.39, 0.29) is 5.91 Å². The highest BCUT2D eigenvalue weighted by atomic mass is 35.5. The van der Waals surface area contributed by atoms with E-state index in [0.717, 1.165) is 29.4 Å². The molecule has 2 aromatic rings. The Morgan fingerprint density at radius 3 is 2.42 bits per heavy atom. The van der Waals surface area contributed by atoms with E-state index in [1.54, 1.807) is 12.2 Å². The first kappa shape index (κ1) is 16.9. The number of hydrogen-bond donors (Lipinski definition) is 0. The fourth-order valence-corrected chi connectivity index (χ4v) is 3.21. The molecular weight excluding hydrogens is 343 g/mol. The highest BCUT2D eigenvalue weighted by Crippen LogP contribution is 2.26. The molecule has 1 saturated heterocycles. The first-order valence-electron chi connectivity index (χ1n) is 7.85. The lowest BCUT2D eigenvalue weighted by atomic mass is 10.2. The Hall–Kier alpha value is -1.97. The van der Waals surface area contributed by atoms with Gasteiger partial charge in [-0.2, -0.15) is 0 Å². The number of benzene rings is 2. The molecule has 1 fully saturated rings. The van der Waals surface area contributed by atoms with Gasteiger partial charge >= 0.3 is 0 Å². The fraction of sp³-hybridized carbons (Fsp3) is 0.211. The van der Waals surface area contributed by atoms with E-state index in [9.17, 15) is 4.79 Å². The molecule has 0 unspecified atom stereocenters. The smallest absolute Gasteiger partial charge is 0.246 e. The molecule has 1 heterocycles. The van der Waals surface area contributed by atoms with Crippen molar-refractivity contribution in [1.82, 2.24) is 4.90 Å². The highest BCUT2D eigenvalue weighted by Gasteiger charge is 2.20. The van der Waals surface area contributed by atoms with E-state index in [2.05, 4.69) is 4.90 Å². The summed E-state index contributed by atoms with van der Waals surface area (Å²) in [7, 11) is 0. The van der Waals surface area contributed by atoms with E-state index in [1.165, 1.54) is 0 Å². The Kier molecular flexibility index (Phi) is 5.44. The number of piperazine rings is 1. The molecular formula is C19H18Cl2N2O. The number of carbonyl (C=O) groups excluding carboxylic acids is 1. The molecule has 3 nitrogen and oxygen atoms in total. The minimum atomic E-state index is 0.0220. The minimum absolute atomic E-state index is 0.0220. The number of anilines is 1. The van der Waals surface area contributed by atoms with Crippen LogP contribution in [0.2, 0.25) is 10.0 Å². The predicted molar refractivity (Wildman–Crippen MR) is 101 cm³/mol. The van der Waals surface area contributed by atoms with E-state index in [0.29, 0.717) is 18.1 Å². The molecule has 0 bridgehead atoms. The van der Waals surface area contributed by atoms with Gasteiger partial charge in [0.1, 0.15) is 0 Å². The first-order chi connectivity index (χ1) is 11.6. The van der Waals surface area contributed by atoms with Gasteiger partial charge in [-0.25, -0.2) is 0 Å². The zero-order valence-corrected chi connectivity index (χ0v) is 14.7. The van der Waals surface area contributed by atoms with Gasteiger partial charge in [0.25, 0.3) is 0 Å². The SMILES string of the molecule is O=C(/C=C/c1cccc(Cl)c1)N1CCN(c2ccccc2Cl)CC1. The Morgan fingerprint density at radius 1 is 0.958 bits per heavy atom. The van der Waals surface area contributed by atoms with Gasteiger partial charge in [0, 0.05) is 37.3 Å². The zero-order chi connectivity index (χ0) is 16.9. The number of hydrogen-bond acceptors (Lipinski definition) is 2. The van der Waals surface area contributed by atoms with Crippen molar-refractivity contribution in [3.8, 4) is 0 Å². The summed E-state index contributed by atoms with van der Waals surface area (Å²) < 4.78 is 0. The molecule has 0 aromatic heterocycles. The van der Waals surface area contributed by atoms with Crippen molar-refractivity contribution in [2.24, 2.45) is 0 Å². The third kappa shape index (κ3) is 4.11. The van der Waals surface area contributed by atoms with E-state index in [4.69, 9.17) is 23.2 Å². The third-order valence-electron chi connectivity index (χ3n) is 4.05. The van der Waals surface area contributed by atoms with Crippen molar-refractivity contribution in [1.29, 1.82) is 0 Å². The van der Waals surface area contributed by atoms with E-state index in [1.807, 2.05) is 53.4 Å². The van der Waals surface area contributed by atoms with Crippen molar-refractivity contribution in [2.75, 3.05) is 31.1 Å². The first-order valence-corrected chi connectivity index (χ1v) is 8.61. The lowest BCUT2D eigenvalue weighted by Crippen LogP contribution is -2.48. The number of para-hydroxylation sites is 1. The molecule has 1 amide bonds. The minimum Gasteiger partial charge on any atom is -0.367 e. The van der Waals surface area contributed by atoms with Crippen LogP contribution < -0.4 is 4.90 Å². The lowest BCUT2D eigenvalue weighted by Gasteiger charge is -2.36. The van der Waals surface area contributed by atoms with Crippen LogP contribution in [0.25, 0.3) is 6.08 Å². The second kappa shape index (κ2) is 7.73. The molecule has 0 aliphatic carbocycles. The summed E-state index contributed by atoms with van der Waals surface area (Å²) in [5, 5.41) is 1.41. The second-order valence-corrected chi connectivity index (χ2v) is 6.50. The van der Waals surface area contributed by atoms with Crippen LogP contribution in [-0.4, -0.2) is 37.0 Å². The van der Waals surface area contributed by atoms with Crippen molar-refractivity contribution in [3.63, 3.8) is 0 Å². The summed E-state index contributed by atoms with van der Waals surface area (Å²) >= 11 is 12.2. The van der Waals surface area contributed by atoms with Crippen LogP contribution in [0.3, 0.4) is 0 Å². The number of rotatable bonds is 3. The molecule has 3 rings (SSSR count). The number of carbonyl (C=O) groups is 1. The van der Waals surface area contributed by atoms with Crippen LogP contribution in [0.4, 0.5) is 5.69 Å². The molecule has 5 heteroatoms. The van der Waals surface area contributed by atoms with Gasteiger partial charge in [0.15, 0.2) is 0 Å². The molecule has 2 aromatic carbocycles. The second-order valence-electron chi connectivity index (χ2n) is 5.65. The maximum atomic E-state index is 12.3. The van der Waals surface area contributed by atoms with E-state index < -0.39 is 0 Å². The van der Waals surface area contributed by atoms with Crippen molar-refractivity contribution in [3.05, 3.63) is 70.2 Å². The Balaban J connectivity index is 1.58. The summed E-state index contributed by atoms with van der Waals surface area (Å²) in [6.45, 7) is 2.93.